The van der Waals surface area contributed by atoms with Crippen molar-refractivity contribution in [3.05, 3.63) is 78.1 Å². The van der Waals surface area contributed by atoms with Crippen LogP contribution >= 0.6 is 0 Å². The number of benzene rings is 2. The lowest BCUT2D eigenvalue weighted by molar-refractivity contribution is 0.412. The minimum absolute atomic E-state index is 0.775. The van der Waals surface area contributed by atoms with Crippen molar-refractivity contribution in [1.82, 2.24) is 9.88 Å². The standard InChI is InChI=1S/C20H22N2O2/c1-23-18-11-9-16(10-12-18)14-21-15-17-6-5-13-22(17)19-7-3-4-8-20(19)24-2/h3-13,21H,14-15H2,1-2H3. The van der Waals surface area contributed by atoms with Crippen LogP contribution in [0.1, 0.15) is 11.3 Å². The highest BCUT2D eigenvalue weighted by molar-refractivity contribution is 5.48. The average molecular weight is 322 g/mol. The van der Waals surface area contributed by atoms with Gasteiger partial charge in [-0.3, -0.25) is 0 Å². The molecular formula is C20H22N2O2. The van der Waals surface area contributed by atoms with Crippen molar-refractivity contribution in [3.8, 4) is 17.2 Å². The largest absolute Gasteiger partial charge is 0.497 e. The maximum atomic E-state index is 5.47. The molecular weight excluding hydrogens is 300 g/mol. The molecule has 0 aliphatic rings. The minimum atomic E-state index is 0.775. The Bertz CT molecular complexity index is 778. The summed E-state index contributed by atoms with van der Waals surface area (Å²) in [7, 11) is 3.38. The zero-order chi connectivity index (χ0) is 16.8. The Morgan fingerprint density at radius 2 is 1.62 bits per heavy atom. The summed E-state index contributed by atoms with van der Waals surface area (Å²) in [5.41, 5.74) is 3.46. The van der Waals surface area contributed by atoms with Gasteiger partial charge < -0.3 is 19.4 Å². The molecule has 3 aromatic rings. The fourth-order valence-corrected chi connectivity index (χ4v) is 2.70. The van der Waals surface area contributed by atoms with E-state index >= 15 is 0 Å². The van der Waals surface area contributed by atoms with Crippen LogP contribution in [0.4, 0.5) is 0 Å². The second kappa shape index (κ2) is 7.70. The molecule has 2 aromatic carbocycles. The number of ether oxygens (including phenoxy) is 2. The van der Waals surface area contributed by atoms with E-state index in [9.17, 15) is 0 Å². The third-order valence-electron chi connectivity index (χ3n) is 3.97. The number of hydrogen-bond acceptors (Lipinski definition) is 3. The highest BCUT2D eigenvalue weighted by Crippen LogP contribution is 2.24. The summed E-state index contributed by atoms with van der Waals surface area (Å²) >= 11 is 0. The molecule has 0 aliphatic carbocycles. The minimum Gasteiger partial charge on any atom is -0.497 e. The zero-order valence-corrected chi connectivity index (χ0v) is 14.0. The molecule has 3 rings (SSSR count). The summed E-state index contributed by atoms with van der Waals surface area (Å²) < 4.78 is 12.8. The quantitative estimate of drug-likeness (QED) is 0.719. The van der Waals surface area contributed by atoms with E-state index in [1.807, 2.05) is 30.3 Å². The van der Waals surface area contributed by atoms with Crippen molar-refractivity contribution in [1.29, 1.82) is 0 Å². The predicted molar refractivity (Wildman–Crippen MR) is 95.9 cm³/mol. The van der Waals surface area contributed by atoms with Gasteiger partial charge in [0.15, 0.2) is 0 Å². The van der Waals surface area contributed by atoms with Gasteiger partial charge in [-0.2, -0.15) is 0 Å². The Morgan fingerprint density at radius 3 is 2.38 bits per heavy atom. The predicted octanol–water partition coefficient (Wildman–Crippen LogP) is 3.78. The Labute approximate surface area is 142 Å². The number of nitrogens with zero attached hydrogens (tertiary/aromatic N) is 1. The molecule has 1 aromatic heterocycles. The highest BCUT2D eigenvalue weighted by Gasteiger charge is 2.07. The third kappa shape index (κ3) is 3.60. The van der Waals surface area contributed by atoms with Gasteiger partial charge in [-0.25, -0.2) is 0 Å². The molecule has 4 nitrogen and oxygen atoms in total. The van der Waals surface area contributed by atoms with Gasteiger partial charge in [0.1, 0.15) is 11.5 Å². The van der Waals surface area contributed by atoms with Gasteiger partial charge in [0.05, 0.1) is 19.9 Å². The van der Waals surface area contributed by atoms with E-state index < -0.39 is 0 Å². The molecule has 0 radical (unpaired) electrons. The molecule has 0 unspecified atom stereocenters. The number of hydrogen-bond donors (Lipinski definition) is 1. The van der Waals surface area contributed by atoms with Crippen LogP contribution in [-0.2, 0) is 13.1 Å². The summed E-state index contributed by atoms with van der Waals surface area (Å²) in [5.74, 6) is 1.74. The van der Waals surface area contributed by atoms with Crippen molar-refractivity contribution in [2.75, 3.05) is 14.2 Å². The van der Waals surface area contributed by atoms with Crippen LogP contribution in [0.25, 0.3) is 5.69 Å². The monoisotopic (exact) mass is 322 g/mol. The van der Waals surface area contributed by atoms with Crippen molar-refractivity contribution in [2.24, 2.45) is 0 Å². The molecule has 0 atom stereocenters. The number of aromatic nitrogens is 1. The van der Waals surface area contributed by atoms with Gasteiger partial charge in [-0.15, -0.1) is 0 Å². The van der Waals surface area contributed by atoms with Crippen LogP contribution in [0.5, 0.6) is 11.5 Å². The smallest absolute Gasteiger partial charge is 0.142 e. The first-order valence-corrected chi connectivity index (χ1v) is 7.95. The molecule has 0 amide bonds. The van der Waals surface area contributed by atoms with E-state index in [0.717, 1.165) is 30.3 Å². The highest BCUT2D eigenvalue weighted by atomic mass is 16.5. The van der Waals surface area contributed by atoms with E-state index in [-0.39, 0.29) is 0 Å². The average Bonchev–Trinajstić information content (AvgIpc) is 3.10. The summed E-state index contributed by atoms with van der Waals surface area (Å²) in [6.45, 7) is 1.58. The van der Waals surface area contributed by atoms with E-state index in [0.29, 0.717) is 0 Å². The van der Waals surface area contributed by atoms with E-state index in [1.54, 1.807) is 14.2 Å². The molecule has 0 spiro atoms. The summed E-state index contributed by atoms with van der Waals surface area (Å²) in [6, 6.07) is 20.3. The first-order valence-electron chi connectivity index (χ1n) is 7.95. The Morgan fingerprint density at radius 1 is 0.833 bits per heavy atom. The molecule has 0 aliphatic heterocycles. The van der Waals surface area contributed by atoms with Gasteiger partial charge >= 0.3 is 0 Å². The number of methoxy groups -OCH3 is 2. The van der Waals surface area contributed by atoms with Crippen molar-refractivity contribution < 1.29 is 9.47 Å². The van der Waals surface area contributed by atoms with Crippen LogP contribution in [0.3, 0.4) is 0 Å². The lowest BCUT2D eigenvalue weighted by Crippen LogP contribution is -2.15. The van der Waals surface area contributed by atoms with Gasteiger partial charge in [-0.05, 0) is 42.0 Å². The topological polar surface area (TPSA) is 35.4 Å². The second-order valence-electron chi connectivity index (χ2n) is 5.49. The molecule has 0 fully saturated rings. The molecule has 0 saturated carbocycles. The molecule has 1 heterocycles. The third-order valence-corrected chi connectivity index (χ3v) is 3.97. The lowest BCUT2D eigenvalue weighted by Gasteiger charge is -2.13. The summed E-state index contributed by atoms with van der Waals surface area (Å²) in [4.78, 5) is 0. The first-order chi connectivity index (χ1) is 11.8. The Hall–Kier alpha value is -2.72. The summed E-state index contributed by atoms with van der Waals surface area (Å²) in [5, 5.41) is 3.49. The molecule has 1 N–H and O–H groups in total. The maximum absolute atomic E-state index is 5.47. The molecule has 0 bridgehead atoms. The van der Waals surface area contributed by atoms with E-state index in [4.69, 9.17) is 9.47 Å². The second-order valence-corrected chi connectivity index (χ2v) is 5.49. The van der Waals surface area contributed by atoms with Gasteiger partial charge in [0.25, 0.3) is 0 Å². The van der Waals surface area contributed by atoms with Gasteiger partial charge in [0.2, 0.25) is 0 Å². The van der Waals surface area contributed by atoms with E-state index in [1.165, 1.54) is 11.3 Å². The first kappa shape index (κ1) is 16.1. The normalized spacial score (nSPS) is 10.6. The van der Waals surface area contributed by atoms with Crippen LogP contribution in [0.2, 0.25) is 0 Å². The van der Waals surface area contributed by atoms with Crippen molar-refractivity contribution in [2.45, 2.75) is 13.1 Å². The van der Waals surface area contributed by atoms with Crippen molar-refractivity contribution >= 4 is 0 Å². The SMILES string of the molecule is COc1ccc(CNCc2cccn2-c2ccccc2OC)cc1. The molecule has 124 valence electrons. The maximum Gasteiger partial charge on any atom is 0.142 e. The van der Waals surface area contributed by atoms with Crippen LogP contribution in [0, 0.1) is 0 Å². The van der Waals surface area contributed by atoms with Gasteiger partial charge in [0, 0.05) is 25.0 Å². The number of rotatable bonds is 7. The fourth-order valence-electron chi connectivity index (χ4n) is 2.70. The van der Waals surface area contributed by atoms with Gasteiger partial charge in [-0.1, -0.05) is 24.3 Å². The Kier molecular flexibility index (Phi) is 5.18. The lowest BCUT2D eigenvalue weighted by atomic mass is 10.2. The molecule has 24 heavy (non-hydrogen) atoms. The summed E-state index contributed by atoms with van der Waals surface area (Å²) in [6.07, 6.45) is 2.06. The van der Waals surface area contributed by atoms with Crippen LogP contribution in [0.15, 0.2) is 66.9 Å². The van der Waals surface area contributed by atoms with Crippen LogP contribution < -0.4 is 14.8 Å². The molecule has 4 heteroatoms. The molecule has 0 saturated heterocycles. The fraction of sp³-hybridized carbons (Fsp3) is 0.200. The number of para-hydroxylation sites is 2. The van der Waals surface area contributed by atoms with E-state index in [2.05, 4.69) is 46.4 Å². The number of nitrogens with one attached hydrogen (secondary N) is 1. The van der Waals surface area contributed by atoms with Crippen LogP contribution in [-0.4, -0.2) is 18.8 Å². The Balaban J connectivity index is 1.67. The van der Waals surface area contributed by atoms with Crippen molar-refractivity contribution in [3.63, 3.8) is 0 Å². The zero-order valence-electron chi connectivity index (χ0n) is 14.0.